The molecule has 0 spiro atoms. The summed E-state index contributed by atoms with van der Waals surface area (Å²) in [6.07, 6.45) is 1.69. The van der Waals surface area contributed by atoms with Gasteiger partial charge in [-0.25, -0.2) is 0 Å². The monoisotopic (exact) mass is 254 g/mol. The Balaban J connectivity index is 2.18. The van der Waals surface area contributed by atoms with Gasteiger partial charge in [0.15, 0.2) is 0 Å². The van der Waals surface area contributed by atoms with Crippen LogP contribution in [-0.2, 0) is 0 Å². The molecule has 1 N–H and O–H groups in total. The normalized spacial score (nSPS) is 10.5. The van der Waals surface area contributed by atoms with Crippen molar-refractivity contribution in [3.05, 3.63) is 59.4 Å². The second kappa shape index (κ2) is 5.65. The minimum absolute atomic E-state index is 0.0897. The molecule has 0 saturated carbocycles. The lowest BCUT2D eigenvalue weighted by atomic mass is 10.0. The summed E-state index contributed by atoms with van der Waals surface area (Å²) in [6, 6.07) is 11.4. The van der Waals surface area contributed by atoms with Gasteiger partial charge in [-0.1, -0.05) is 26.0 Å². The number of carbonyl (C=O) groups excluding carboxylic acids is 1. The number of anilines is 1. The van der Waals surface area contributed by atoms with E-state index in [2.05, 4.69) is 24.1 Å². The number of pyridine rings is 1. The van der Waals surface area contributed by atoms with Crippen molar-refractivity contribution in [1.29, 1.82) is 0 Å². The van der Waals surface area contributed by atoms with Gasteiger partial charge in [-0.3, -0.25) is 9.78 Å². The Morgan fingerprint density at radius 2 is 2.00 bits per heavy atom. The van der Waals surface area contributed by atoms with Crippen molar-refractivity contribution in [2.75, 3.05) is 5.32 Å². The smallest absolute Gasteiger partial charge is 0.255 e. The Morgan fingerprint density at radius 3 is 2.68 bits per heavy atom. The Bertz CT molecular complexity index is 591. The van der Waals surface area contributed by atoms with Crippen LogP contribution in [0.15, 0.2) is 42.6 Å². The van der Waals surface area contributed by atoms with Gasteiger partial charge in [-0.05, 0) is 42.7 Å². The second-order valence-corrected chi connectivity index (χ2v) is 4.92. The van der Waals surface area contributed by atoms with Gasteiger partial charge < -0.3 is 5.32 Å². The fourth-order valence-corrected chi connectivity index (χ4v) is 1.87. The van der Waals surface area contributed by atoms with Crippen LogP contribution in [0.2, 0.25) is 0 Å². The first-order valence-corrected chi connectivity index (χ1v) is 6.40. The number of carbonyl (C=O) groups is 1. The highest BCUT2D eigenvalue weighted by atomic mass is 16.1. The zero-order chi connectivity index (χ0) is 13.8. The largest absolute Gasteiger partial charge is 0.322 e. The first-order valence-electron chi connectivity index (χ1n) is 6.40. The van der Waals surface area contributed by atoms with E-state index in [1.807, 2.05) is 37.3 Å². The lowest BCUT2D eigenvalue weighted by molar-refractivity contribution is 0.102. The number of nitrogens with one attached hydrogen (secondary N) is 1. The topological polar surface area (TPSA) is 42.0 Å². The number of rotatable bonds is 3. The van der Waals surface area contributed by atoms with Gasteiger partial charge >= 0.3 is 0 Å². The summed E-state index contributed by atoms with van der Waals surface area (Å²) >= 11 is 0. The van der Waals surface area contributed by atoms with E-state index in [4.69, 9.17) is 0 Å². The van der Waals surface area contributed by atoms with Gasteiger partial charge in [0.25, 0.3) is 5.91 Å². The van der Waals surface area contributed by atoms with Crippen molar-refractivity contribution in [2.45, 2.75) is 26.7 Å². The Kier molecular flexibility index (Phi) is 3.95. The Morgan fingerprint density at radius 1 is 1.21 bits per heavy atom. The van der Waals surface area contributed by atoms with E-state index in [0.29, 0.717) is 11.5 Å². The quantitative estimate of drug-likeness (QED) is 0.906. The van der Waals surface area contributed by atoms with E-state index in [-0.39, 0.29) is 5.91 Å². The molecule has 1 heterocycles. The van der Waals surface area contributed by atoms with Crippen molar-refractivity contribution in [1.82, 2.24) is 4.98 Å². The van der Waals surface area contributed by atoms with Crippen LogP contribution in [-0.4, -0.2) is 10.9 Å². The maximum absolute atomic E-state index is 12.2. The first kappa shape index (κ1) is 13.3. The highest BCUT2D eigenvalue weighted by molar-refractivity contribution is 6.04. The summed E-state index contributed by atoms with van der Waals surface area (Å²) in [5.41, 5.74) is 3.50. The molecule has 98 valence electrons. The third-order valence-electron chi connectivity index (χ3n) is 2.97. The third kappa shape index (κ3) is 3.41. The molecule has 0 unspecified atom stereocenters. The lowest BCUT2D eigenvalue weighted by Gasteiger charge is -2.09. The summed E-state index contributed by atoms with van der Waals surface area (Å²) < 4.78 is 0. The first-order chi connectivity index (χ1) is 9.06. The molecular formula is C16H18N2O. The van der Waals surface area contributed by atoms with E-state index in [1.165, 1.54) is 5.56 Å². The van der Waals surface area contributed by atoms with Crippen molar-refractivity contribution in [3.8, 4) is 0 Å². The summed E-state index contributed by atoms with van der Waals surface area (Å²) in [5, 5.41) is 2.89. The van der Waals surface area contributed by atoms with Crippen LogP contribution < -0.4 is 5.32 Å². The van der Waals surface area contributed by atoms with Crippen LogP contribution in [0.4, 0.5) is 5.69 Å². The minimum Gasteiger partial charge on any atom is -0.322 e. The van der Waals surface area contributed by atoms with Crippen molar-refractivity contribution in [2.24, 2.45) is 0 Å². The van der Waals surface area contributed by atoms with E-state index in [9.17, 15) is 4.79 Å². The van der Waals surface area contributed by atoms with E-state index >= 15 is 0 Å². The maximum atomic E-state index is 12.2. The molecule has 3 nitrogen and oxygen atoms in total. The predicted octanol–water partition coefficient (Wildman–Crippen LogP) is 3.77. The summed E-state index contributed by atoms with van der Waals surface area (Å²) in [4.78, 5) is 16.3. The highest BCUT2D eigenvalue weighted by Gasteiger charge is 2.08. The standard InChI is InChI=1S/C16H18N2O/c1-11(2)13-5-4-6-14(10-13)16(19)18-15-7-8-17-12(3)9-15/h4-11H,1-3H3,(H,17,18,19). The van der Waals surface area contributed by atoms with E-state index in [0.717, 1.165) is 11.4 Å². The molecule has 0 saturated heterocycles. The maximum Gasteiger partial charge on any atom is 0.255 e. The molecule has 0 atom stereocenters. The summed E-state index contributed by atoms with van der Waals surface area (Å²) in [5.74, 6) is 0.323. The number of amides is 1. The molecule has 1 aromatic heterocycles. The summed E-state index contributed by atoms with van der Waals surface area (Å²) in [7, 11) is 0. The highest BCUT2D eigenvalue weighted by Crippen LogP contribution is 2.17. The molecule has 0 bridgehead atoms. The fourth-order valence-electron chi connectivity index (χ4n) is 1.87. The van der Waals surface area contributed by atoms with Gasteiger partial charge in [0, 0.05) is 23.1 Å². The predicted molar refractivity (Wildman–Crippen MR) is 77.5 cm³/mol. The van der Waals surface area contributed by atoms with Crippen LogP contribution in [0.3, 0.4) is 0 Å². The molecule has 0 aliphatic carbocycles. The molecule has 2 aromatic rings. The third-order valence-corrected chi connectivity index (χ3v) is 2.97. The number of aryl methyl sites for hydroxylation is 1. The number of hydrogen-bond acceptors (Lipinski definition) is 2. The molecule has 1 amide bonds. The number of nitrogens with zero attached hydrogens (tertiary/aromatic N) is 1. The fraction of sp³-hybridized carbons (Fsp3) is 0.250. The molecule has 0 fully saturated rings. The lowest BCUT2D eigenvalue weighted by Crippen LogP contribution is -2.12. The minimum atomic E-state index is -0.0897. The van der Waals surface area contributed by atoms with Crippen LogP contribution in [0.5, 0.6) is 0 Å². The van der Waals surface area contributed by atoms with Crippen molar-refractivity contribution < 1.29 is 4.79 Å². The molecule has 0 radical (unpaired) electrons. The average molecular weight is 254 g/mol. The van der Waals surface area contributed by atoms with Gasteiger partial charge in [-0.15, -0.1) is 0 Å². The van der Waals surface area contributed by atoms with E-state index in [1.54, 1.807) is 12.3 Å². The van der Waals surface area contributed by atoms with Gasteiger partial charge in [-0.2, -0.15) is 0 Å². The van der Waals surface area contributed by atoms with Crippen LogP contribution in [0.1, 0.15) is 41.4 Å². The zero-order valence-electron chi connectivity index (χ0n) is 11.5. The molecular weight excluding hydrogens is 236 g/mol. The SMILES string of the molecule is Cc1cc(NC(=O)c2cccc(C(C)C)c2)ccn1. The summed E-state index contributed by atoms with van der Waals surface area (Å²) in [6.45, 7) is 6.13. The van der Waals surface area contributed by atoms with Crippen molar-refractivity contribution in [3.63, 3.8) is 0 Å². The Labute approximate surface area is 113 Å². The molecule has 3 heteroatoms. The molecule has 0 aliphatic rings. The van der Waals surface area contributed by atoms with Gasteiger partial charge in [0.2, 0.25) is 0 Å². The van der Waals surface area contributed by atoms with Gasteiger partial charge in [0.1, 0.15) is 0 Å². The van der Waals surface area contributed by atoms with Gasteiger partial charge in [0.05, 0.1) is 0 Å². The zero-order valence-corrected chi connectivity index (χ0v) is 11.5. The molecule has 2 rings (SSSR count). The van der Waals surface area contributed by atoms with Crippen LogP contribution in [0, 0.1) is 6.92 Å². The number of hydrogen-bond donors (Lipinski definition) is 1. The number of aromatic nitrogens is 1. The second-order valence-electron chi connectivity index (χ2n) is 4.92. The van der Waals surface area contributed by atoms with Crippen molar-refractivity contribution >= 4 is 11.6 Å². The molecule has 0 aliphatic heterocycles. The average Bonchev–Trinajstić information content (AvgIpc) is 2.39. The Hall–Kier alpha value is -2.16. The van der Waals surface area contributed by atoms with Crippen LogP contribution >= 0.6 is 0 Å². The molecule has 1 aromatic carbocycles. The molecule has 19 heavy (non-hydrogen) atoms. The van der Waals surface area contributed by atoms with Crippen LogP contribution in [0.25, 0.3) is 0 Å². The van der Waals surface area contributed by atoms with E-state index < -0.39 is 0 Å². The number of benzene rings is 1.